The minimum absolute atomic E-state index is 0.926. The first-order valence-electron chi connectivity index (χ1n) is 4.88. The standard InChI is InChI=1S/C9H16.C2H6/c1-4-7(2)9-6-5-8(9)3;1-2/h4,8-9H,5-6H2,1-3H3;1-2H3/b7-4+;. The lowest BCUT2D eigenvalue weighted by atomic mass is 9.71. The largest absolute Gasteiger partial charge is 0.0884 e. The van der Waals surface area contributed by atoms with Gasteiger partial charge >= 0.3 is 0 Å². The molecule has 0 bridgehead atoms. The third kappa shape index (κ3) is 2.69. The molecule has 1 rings (SSSR count). The maximum Gasteiger partial charge on any atom is -0.0180 e. The molecule has 0 radical (unpaired) electrons. The molecule has 0 nitrogen and oxygen atoms in total. The highest BCUT2D eigenvalue weighted by Gasteiger charge is 2.26. The van der Waals surface area contributed by atoms with Crippen molar-refractivity contribution in [3.05, 3.63) is 11.6 Å². The first-order chi connectivity index (χ1) is 5.25. The lowest BCUT2D eigenvalue weighted by Gasteiger charge is -2.34. The van der Waals surface area contributed by atoms with E-state index >= 15 is 0 Å². The summed E-state index contributed by atoms with van der Waals surface area (Å²) in [7, 11) is 0. The van der Waals surface area contributed by atoms with Crippen molar-refractivity contribution in [1.29, 1.82) is 0 Å². The Labute approximate surface area is 71.7 Å². The van der Waals surface area contributed by atoms with Crippen molar-refractivity contribution in [3.63, 3.8) is 0 Å². The average molecular weight is 154 g/mol. The van der Waals surface area contributed by atoms with Gasteiger partial charge in [0.1, 0.15) is 0 Å². The van der Waals surface area contributed by atoms with Crippen LogP contribution in [-0.4, -0.2) is 0 Å². The fourth-order valence-corrected chi connectivity index (χ4v) is 1.56. The predicted molar refractivity (Wildman–Crippen MR) is 52.7 cm³/mol. The Balaban J connectivity index is 0.000000461. The fraction of sp³-hybridized carbons (Fsp3) is 0.818. The quantitative estimate of drug-likeness (QED) is 0.500. The van der Waals surface area contributed by atoms with E-state index in [-0.39, 0.29) is 0 Å². The summed E-state index contributed by atoms with van der Waals surface area (Å²) < 4.78 is 0. The van der Waals surface area contributed by atoms with E-state index in [2.05, 4.69) is 26.8 Å². The molecule has 0 saturated heterocycles. The second-order valence-electron chi connectivity index (χ2n) is 3.19. The van der Waals surface area contributed by atoms with Gasteiger partial charge in [0.25, 0.3) is 0 Å². The maximum absolute atomic E-state index is 2.35. The van der Waals surface area contributed by atoms with Crippen LogP contribution in [0.5, 0.6) is 0 Å². The lowest BCUT2D eigenvalue weighted by molar-refractivity contribution is 0.237. The van der Waals surface area contributed by atoms with Gasteiger partial charge in [-0.3, -0.25) is 0 Å². The van der Waals surface area contributed by atoms with Gasteiger partial charge in [0.15, 0.2) is 0 Å². The summed E-state index contributed by atoms with van der Waals surface area (Å²) in [5, 5.41) is 0. The Morgan fingerprint density at radius 1 is 1.27 bits per heavy atom. The SMILES string of the molecule is C/C=C(\C)C1CCC1C.CC. The minimum Gasteiger partial charge on any atom is -0.0884 e. The maximum atomic E-state index is 2.35. The van der Waals surface area contributed by atoms with Crippen molar-refractivity contribution in [2.75, 3.05) is 0 Å². The Morgan fingerprint density at radius 2 is 1.82 bits per heavy atom. The van der Waals surface area contributed by atoms with Crippen LogP contribution in [0.25, 0.3) is 0 Å². The molecule has 1 fully saturated rings. The van der Waals surface area contributed by atoms with E-state index in [0.717, 1.165) is 11.8 Å². The summed E-state index contributed by atoms with van der Waals surface area (Å²) in [4.78, 5) is 0. The summed E-state index contributed by atoms with van der Waals surface area (Å²) in [6.45, 7) is 10.7. The molecule has 2 unspecified atom stereocenters. The van der Waals surface area contributed by atoms with E-state index < -0.39 is 0 Å². The van der Waals surface area contributed by atoms with Crippen molar-refractivity contribution in [3.8, 4) is 0 Å². The van der Waals surface area contributed by atoms with Crippen LogP contribution in [0.1, 0.15) is 47.5 Å². The molecule has 1 saturated carbocycles. The van der Waals surface area contributed by atoms with Gasteiger partial charge in [-0.1, -0.05) is 32.4 Å². The molecule has 0 amide bonds. The molecule has 0 aromatic rings. The summed E-state index contributed by atoms with van der Waals surface area (Å²) in [6.07, 6.45) is 5.12. The summed E-state index contributed by atoms with van der Waals surface area (Å²) in [6, 6.07) is 0. The summed E-state index contributed by atoms with van der Waals surface area (Å²) in [5.74, 6) is 1.89. The van der Waals surface area contributed by atoms with E-state index in [9.17, 15) is 0 Å². The monoisotopic (exact) mass is 154 g/mol. The molecule has 2 atom stereocenters. The van der Waals surface area contributed by atoms with Crippen molar-refractivity contribution in [2.45, 2.75) is 47.5 Å². The van der Waals surface area contributed by atoms with Crippen LogP contribution in [0.15, 0.2) is 11.6 Å². The van der Waals surface area contributed by atoms with E-state index in [4.69, 9.17) is 0 Å². The van der Waals surface area contributed by atoms with Crippen LogP contribution in [-0.2, 0) is 0 Å². The number of allylic oxidation sites excluding steroid dienone is 2. The Kier molecular flexibility index (Phi) is 5.27. The van der Waals surface area contributed by atoms with Gasteiger partial charge in [0.05, 0.1) is 0 Å². The Bertz CT molecular complexity index is 122. The van der Waals surface area contributed by atoms with E-state index in [0.29, 0.717) is 0 Å². The van der Waals surface area contributed by atoms with Crippen molar-refractivity contribution < 1.29 is 0 Å². The smallest absolute Gasteiger partial charge is 0.0180 e. The molecule has 1 aliphatic carbocycles. The zero-order valence-electron chi connectivity index (χ0n) is 8.65. The van der Waals surface area contributed by atoms with E-state index in [1.54, 1.807) is 5.57 Å². The highest BCUT2D eigenvalue weighted by Crippen LogP contribution is 2.38. The Morgan fingerprint density at radius 3 is 1.91 bits per heavy atom. The topological polar surface area (TPSA) is 0 Å². The summed E-state index contributed by atoms with van der Waals surface area (Å²) in [5.41, 5.74) is 1.59. The highest BCUT2D eigenvalue weighted by atomic mass is 14.3. The first kappa shape index (κ1) is 10.7. The van der Waals surface area contributed by atoms with Gasteiger partial charge in [-0.05, 0) is 38.5 Å². The molecule has 0 aliphatic heterocycles. The normalized spacial score (nSPS) is 30.1. The van der Waals surface area contributed by atoms with Crippen molar-refractivity contribution >= 4 is 0 Å². The van der Waals surface area contributed by atoms with Crippen LogP contribution >= 0.6 is 0 Å². The molecule has 11 heavy (non-hydrogen) atoms. The number of rotatable bonds is 1. The molecular weight excluding hydrogens is 132 g/mol. The van der Waals surface area contributed by atoms with Gasteiger partial charge < -0.3 is 0 Å². The zero-order valence-corrected chi connectivity index (χ0v) is 8.65. The second-order valence-corrected chi connectivity index (χ2v) is 3.19. The molecule has 0 aromatic heterocycles. The molecule has 1 aliphatic rings. The number of hydrogen-bond donors (Lipinski definition) is 0. The summed E-state index contributed by atoms with van der Waals surface area (Å²) >= 11 is 0. The zero-order chi connectivity index (χ0) is 8.85. The third-order valence-corrected chi connectivity index (χ3v) is 2.66. The van der Waals surface area contributed by atoms with Crippen LogP contribution in [0.4, 0.5) is 0 Å². The van der Waals surface area contributed by atoms with Gasteiger partial charge in [-0.25, -0.2) is 0 Å². The highest BCUT2D eigenvalue weighted by molar-refractivity contribution is 5.06. The third-order valence-electron chi connectivity index (χ3n) is 2.66. The molecule has 0 heterocycles. The molecule has 0 heteroatoms. The van der Waals surface area contributed by atoms with Gasteiger partial charge in [0.2, 0.25) is 0 Å². The van der Waals surface area contributed by atoms with Crippen molar-refractivity contribution in [1.82, 2.24) is 0 Å². The predicted octanol–water partition coefficient (Wildman–Crippen LogP) is 4.02. The van der Waals surface area contributed by atoms with Crippen LogP contribution in [0, 0.1) is 11.8 Å². The molecular formula is C11H22. The van der Waals surface area contributed by atoms with Crippen LogP contribution in [0.3, 0.4) is 0 Å². The fourth-order valence-electron chi connectivity index (χ4n) is 1.56. The molecule has 0 spiro atoms. The molecule has 0 N–H and O–H groups in total. The van der Waals surface area contributed by atoms with Crippen molar-refractivity contribution in [2.24, 2.45) is 11.8 Å². The second kappa shape index (κ2) is 5.40. The first-order valence-corrected chi connectivity index (χ1v) is 4.88. The number of hydrogen-bond acceptors (Lipinski definition) is 0. The van der Waals surface area contributed by atoms with Crippen LogP contribution < -0.4 is 0 Å². The van der Waals surface area contributed by atoms with Gasteiger partial charge in [-0.15, -0.1) is 0 Å². The molecule has 66 valence electrons. The Hall–Kier alpha value is -0.260. The van der Waals surface area contributed by atoms with Gasteiger partial charge in [0, 0.05) is 0 Å². The van der Waals surface area contributed by atoms with Gasteiger partial charge in [-0.2, -0.15) is 0 Å². The minimum atomic E-state index is 0.926. The van der Waals surface area contributed by atoms with Crippen LogP contribution in [0.2, 0.25) is 0 Å². The van der Waals surface area contributed by atoms with E-state index in [1.807, 2.05) is 13.8 Å². The average Bonchev–Trinajstić information content (AvgIpc) is 2.05. The van der Waals surface area contributed by atoms with E-state index in [1.165, 1.54) is 12.8 Å². The lowest BCUT2D eigenvalue weighted by Crippen LogP contribution is -2.23. The molecule has 0 aromatic carbocycles.